The zero-order valence-electron chi connectivity index (χ0n) is 12.1. The van der Waals surface area contributed by atoms with Gasteiger partial charge in [-0.2, -0.15) is 0 Å². The van der Waals surface area contributed by atoms with Crippen molar-refractivity contribution < 1.29 is 14.7 Å². The van der Waals surface area contributed by atoms with Crippen molar-refractivity contribution in [3.8, 4) is 0 Å². The fraction of sp³-hybridized carbons (Fsp3) is 0.467. The molecule has 0 atom stereocenters. The van der Waals surface area contributed by atoms with Crippen LogP contribution in [0, 0.1) is 13.8 Å². The van der Waals surface area contributed by atoms with Crippen molar-refractivity contribution in [2.75, 3.05) is 29.9 Å². The molecule has 0 aromatic heterocycles. The van der Waals surface area contributed by atoms with Crippen molar-refractivity contribution in [3.63, 3.8) is 0 Å². The fourth-order valence-electron chi connectivity index (χ4n) is 2.57. The Morgan fingerprint density at radius 2 is 2.05 bits per heavy atom. The monoisotopic (exact) mass is 276 g/mol. The van der Waals surface area contributed by atoms with Gasteiger partial charge in [0.15, 0.2) is 0 Å². The van der Waals surface area contributed by atoms with Crippen LogP contribution in [-0.4, -0.2) is 37.1 Å². The van der Waals surface area contributed by atoms with Crippen LogP contribution in [-0.2, 0) is 9.59 Å². The van der Waals surface area contributed by atoms with E-state index in [2.05, 4.69) is 0 Å². The van der Waals surface area contributed by atoms with Gasteiger partial charge >= 0.3 is 5.97 Å². The molecule has 0 radical (unpaired) electrons. The van der Waals surface area contributed by atoms with Crippen LogP contribution in [0.25, 0.3) is 0 Å². The van der Waals surface area contributed by atoms with Gasteiger partial charge in [-0.15, -0.1) is 0 Å². The molecule has 1 amide bonds. The number of amides is 1. The third-order valence-corrected chi connectivity index (χ3v) is 3.92. The molecule has 0 unspecified atom stereocenters. The number of aryl methyl sites for hydroxylation is 1. The maximum Gasteiger partial charge on any atom is 0.305 e. The Morgan fingerprint density at radius 1 is 1.35 bits per heavy atom. The third kappa shape index (κ3) is 2.61. The molecule has 0 aliphatic carbocycles. The highest BCUT2D eigenvalue weighted by Gasteiger charge is 2.25. The number of aliphatic carboxylic acids is 1. The molecule has 1 N–H and O–H groups in total. The molecule has 20 heavy (non-hydrogen) atoms. The van der Waals surface area contributed by atoms with Gasteiger partial charge in [0.2, 0.25) is 5.91 Å². The smallest absolute Gasteiger partial charge is 0.305 e. The molecular weight excluding hydrogens is 256 g/mol. The summed E-state index contributed by atoms with van der Waals surface area (Å²) in [5.74, 6) is -0.753. The summed E-state index contributed by atoms with van der Waals surface area (Å²) in [6.07, 6.45) is 0.480. The first-order valence-corrected chi connectivity index (χ1v) is 6.75. The quantitative estimate of drug-likeness (QED) is 0.916. The number of fused-ring (bicyclic) bond motifs is 1. The molecule has 1 aliphatic heterocycles. The first-order valence-electron chi connectivity index (χ1n) is 6.75. The summed E-state index contributed by atoms with van der Waals surface area (Å²) < 4.78 is 0. The summed E-state index contributed by atoms with van der Waals surface area (Å²) in [7, 11) is 1.79. The highest BCUT2D eigenvalue weighted by Crippen LogP contribution is 2.36. The minimum Gasteiger partial charge on any atom is -0.481 e. The number of anilines is 2. The largest absolute Gasteiger partial charge is 0.481 e. The molecule has 1 aliphatic rings. The van der Waals surface area contributed by atoms with Crippen molar-refractivity contribution in [1.82, 2.24) is 0 Å². The van der Waals surface area contributed by atoms with Gasteiger partial charge < -0.3 is 14.9 Å². The van der Waals surface area contributed by atoms with Crippen LogP contribution in [0.5, 0.6) is 0 Å². The van der Waals surface area contributed by atoms with Gasteiger partial charge in [0, 0.05) is 26.6 Å². The Hall–Kier alpha value is -2.04. The van der Waals surface area contributed by atoms with Crippen molar-refractivity contribution >= 4 is 23.3 Å². The van der Waals surface area contributed by atoms with Gasteiger partial charge in [-0.25, -0.2) is 0 Å². The Labute approximate surface area is 118 Å². The van der Waals surface area contributed by atoms with Gasteiger partial charge in [0.1, 0.15) is 0 Å². The second-order valence-corrected chi connectivity index (χ2v) is 5.21. The van der Waals surface area contributed by atoms with Crippen LogP contribution in [0.4, 0.5) is 11.4 Å². The molecule has 1 heterocycles. The molecule has 0 bridgehead atoms. The van der Waals surface area contributed by atoms with Crippen LogP contribution in [0.15, 0.2) is 12.1 Å². The molecule has 0 fully saturated rings. The van der Waals surface area contributed by atoms with Crippen LogP contribution in [0.3, 0.4) is 0 Å². The average molecular weight is 276 g/mol. The lowest BCUT2D eigenvalue weighted by Crippen LogP contribution is -2.27. The number of carboxylic acids is 1. The predicted molar refractivity (Wildman–Crippen MR) is 78.4 cm³/mol. The lowest BCUT2D eigenvalue weighted by atomic mass is 10.0. The predicted octanol–water partition coefficient (Wildman–Crippen LogP) is 1.95. The highest BCUT2D eigenvalue weighted by molar-refractivity contribution is 5.99. The number of rotatable bonds is 3. The number of nitrogens with zero attached hydrogens (tertiary/aromatic N) is 2. The summed E-state index contributed by atoms with van der Waals surface area (Å²) in [5, 5.41) is 8.86. The van der Waals surface area contributed by atoms with E-state index in [4.69, 9.17) is 5.11 Å². The first kappa shape index (κ1) is 14.4. The van der Waals surface area contributed by atoms with Crippen LogP contribution in [0.1, 0.15) is 24.0 Å². The van der Waals surface area contributed by atoms with Gasteiger partial charge in [-0.1, -0.05) is 6.07 Å². The van der Waals surface area contributed by atoms with E-state index in [0.29, 0.717) is 19.5 Å². The number of hydrogen-bond donors (Lipinski definition) is 1. The van der Waals surface area contributed by atoms with Crippen LogP contribution >= 0.6 is 0 Å². The van der Waals surface area contributed by atoms with Gasteiger partial charge in [0.25, 0.3) is 0 Å². The Morgan fingerprint density at radius 3 is 2.70 bits per heavy atom. The molecule has 1 aromatic rings. The molecule has 0 saturated carbocycles. The highest BCUT2D eigenvalue weighted by atomic mass is 16.4. The van der Waals surface area contributed by atoms with E-state index >= 15 is 0 Å². The summed E-state index contributed by atoms with van der Waals surface area (Å²) in [6, 6.07) is 4.00. The van der Waals surface area contributed by atoms with E-state index in [-0.39, 0.29) is 12.3 Å². The summed E-state index contributed by atoms with van der Waals surface area (Å²) in [6.45, 7) is 5.00. The molecule has 0 saturated heterocycles. The van der Waals surface area contributed by atoms with Crippen LogP contribution < -0.4 is 9.80 Å². The minimum atomic E-state index is -0.820. The third-order valence-electron chi connectivity index (χ3n) is 3.92. The summed E-state index contributed by atoms with van der Waals surface area (Å²) in [5.41, 5.74) is 4.05. The van der Waals surface area contributed by atoms with E-state index in [9.17, 15) is 9.59 Å². The van der Waals surface area contributed by atoms with Crippen molar-refractivity contribution in [1.29, 1.82) is 0 Å². The Bertz CT molecular complexity index is 554. The fourth-order valence-corrected chi connectivity index (χ4v) is 2.57. The number of hydrogen-bond acceptors (Lipinski definition) is 3. The number of benzene rings is 1. The minimum absolute atomic E-state index is 0.0674. The SMILES string of the molecule is Cc1ccc2c(c1C)N(C)C(=O)CCN2CCC(=O)O. The molecule has 5 nitrogen and oxygen atoms in total. The topological polar surface area (TPSA) is 60.9 Å². The van der Waals surface area contributed by atoms with Gasteiger partial charge in [-0.05, 0) is 31.0 Å². The maximum absolute atomic E-state index is 12.1. The molecule has 0 spiro atoms. The molecule has 108 valence electrons. The van der Waals surface area contributed by atoms with Gasteiger partial charge in [-0.3, -0.25) is 9.59 Å². The number of carboxylic acid groups (broad SMARTS) is 1. The van der Waals surface area contributed by atoms with Crippen molar-refractivity contribution in [2.45, 2.75) is 26.7 Å². The van der Waals surface area contributed by atoms with E-state index in [1.165, 1.54) is 0 Å². The normalized spacial score (nSPS) is 15.1. The van der Waals surface area contributed by atoms with E-state index in [1.807, 2.05) is 30.9 Å². The Balaban J connectivity index is 2.45. The van der Waals surface area contributed by atoms with E-state index in [0.717, 1.165) is 22.5 Å². The zero-order valence-corrected chi connectivity index (χ0v) is 12.1. The Kier molecular flexibility index (Phi) is 3.97. The maximum atomic E-state index is 12.1. The van der Waals surface area contributed by atoms with Crippen LogP contribution in [0.2, 0.25) is 0 Å². The lowest BCUT2D eigenvalue weighted by molar-refractivity contribution is -0.136. The molecular formula is C15H20N2O3. The molecule has 5 heteroatoms. The van der Waals surface area contributed by atoms with Crippen molar-refractivity contribution in [2.24, 2.45) is 0 Å². The summed E-state index contributed by atoms with van der Waals surface area (Å²) >= 11 is 0. The second kappa shape index (κ2) is 5.53. The number of carbonyl (C=O) groups is 2. The average Bonchev–Trinajstić information content (AvgIpc) is 2.51. The lowest BCUT2D eigenvalue weighted by Gasteiger charge is -2.27. The second-order valence-electron chi connectivity index (χ2n) is 5.21. The molecule has 1 aromatic carbocycles. The van der Waals surface area contributed by atoms with Gasteiger partial charge in [0.05, 0.1) is 17.8 Å². The summed E-state index contributed by atoms with van der Waals surface area (Å²) in [4.78, 5) is 26.6. The standard InChI is InChI=1S/C15H20N2O3/c1-10-4-5-12-15(11(10)2)16(3)13(18)6-8-17(12)9-7-14(19)20/h4-5H,6-9H2,1-3H3,(H,19,20). The van der Waals surface area contributed by atoms with E-state index < -0.39 is 5.97 Å². The van der Waals surface area contributed by atoms with E-state index in [1.54, 1.807) is 11.9 Å². The first-order chi connectivity index (χ1) is 9.41. The van der Waals surface area contributed by atoms with Crippen molar-refractivity contribution in [3.05, 3.63) is 23.3 Å². The number of carbonyl (C=O) groups excluding carboxylic acids is 1. The molecule has 2 rings (SSSR count). The zero-order chi connectivity index (χ0) is 14.9.